The lowest BCUT2D eigenvalue weighted by Crippen LogP contribution is -2.47. The van der Waals surface area contributed by atoms with Gasteiger partial charge in [-0.15, -0.1) is 0 Å². The zero-order valence-corrected chi connectivity index (χ0v) is 16.0. The summed E-state index contributed by atoms with van der Waals surface area (Å²) in [7, 11) is 0. The van der Waals surface area contributed by atoms with Gasteiger partial charge in [0.1, 0.15) is 6.04 Å². The van der Waals surface area contributed by atoms with Crippen molar-refractivity contribution in [2.45, 2.75) is 57.9 Å². The summed E-state index contributed by atoms with van der Waals surface area (Å²) in [6, 6.07) is 9.10. The highest BCUT2D eigenvalue weighted by atomic mass is 16.4. The third-order valence-electron chi connectivity index (χ3n) is 5.15. The lowest BCUT2D eigenvalue weighted by atomic mass is 9.94. The van der Waals surface area contributed by atoms with E-state index in [0.29, 0.717) is 38.8 Å². The van der Waals surface area contributed by atoms with E-state index in [0.717, 1.165) is 24.8 Å². The predicted octanol–water partition coefficient (Wildman–Crippen LogP) is 2.62. The van der Waals surface area contributed by atoms with Gasteiger partial charge < -0.3 is 15.3 Å². The lowest BCUT2D eigenvalue weighted by molar-refractivity contribution is -0.143. The largest absolute Gasteiger partial charge is 0.480 e. The number of aryl methyl sites for hydroxylation is 1. The van der Waals surface area contributed by atoms with Gasteiger partial charge in [0.2, 0.25) is 11.8 Å². The smallest absolute Gasteiger partial charge is 0.326 e. The van der Waals surface area contributed by atoms with Crippen LogP contribution in [0.2, 0.25) is 0 Å². The summed E-state index contributed by atoms with van der Waals surface area (Å²) in [5, 5.41) is 11.9. The van der Waals surface area contributed by atoms with E-state index in [4.69, 9.17) is 0 Å². The Hall–Kier alpha value is -2.37. The van der Waals surface area contributed by atoms with Crippen LogP contribution in [0.25, 0.3) is 0 Å². The average molecular weight is 374 g/mol. The molecule has 1 aromatic carbocycles. The second-order valence-corrected chi connectivity index (χ2v) is 7.18. The maximum atomic E-state index is 12.4. The van der Waals surface area contributed by atoms with Gasteiger partial charge >= 0.3 is 5.97 Å². The molecule has 27 heavy (non-hydrogen) atoms. The monoisotopic (exact) mass is 374 g/mol. The van der Waals surface area contributed by atoms with Gasteiger partial charge in [0.25, 0.3) is 0 Å². The number of nitrogens with one attached hydrogen (secondary N) is 1. The Balaban J connectivity index is 1.75. The Bertz CT molecular complexity index is 624. The van der Waals surface area contributed by atoms with Gasteiger partial charge in [-0.3, -0.25) is 9.59 Å². The maximum Gasteiger partial charge on any atom is 0.326 e. The molecule has 0 spiro atoms. The van der Waals surface area contributed by atoms with Crippen molar-refractivity contribution in [2.75, 3.05) is 13.1 Å². The number of carbonyl (C=O) groups excluding carboxylic acids is 2. The van der Waals surface area contributed by atoms with Crippen molar-refractivity contribution < 1.29 is 19.5 Å². The molecular formula is C21H30N2O4. The van der Waals surface area contributed by atoms with E-state index in [-0.39, 0.29) is 17.7 Å². The zero-order chi connectivity index (χ0) is 19.6. The van der Waals surface area contributed by atoms with E-state index in [1.54, 1.807) is 0 Å². The number of benzene rings is 1. The molecule has 1 heterocycles. The first-order valence-electron chi connectivity index (χ1n) is 9.86. The van der Waals surface area contributed by atoms with Crippen LogP contribution in [0, 0.1) is 5.92 Å². The number of carbonyl (C=O) groups is 3. The number of likely N-dealkylation sites (tertiary alicyclic amines) is 1. The van der Waals surface area contributed by atoms with Crippen LogP contribution in [-0.2, 0) is 20.8 Å². The molecule has 1 fully saturated rings. The summed E-state index contributed by atoms with van der Waals surface area (Å²) in [5.74, 6) is -1.28. The summed E-state index contributed by atoms with van der Waals surface area (Å²) >= 11 is 0. The van der Waals surface area contributed by atoms with Gasteiger partial charge in [0.05, 0.1) is 0 Å². The average Bonchev–Trinajstić information content (AvgIpc) is 2.69. The van der Waals surface area contributed by atoms with Gasteiger partial charge in [-0.25, -0.2) is 4.79 Å². The third-order valence-corrected chi connectivity index (χ3v) is 5.15. The minimum Gasteiger partial charge on any atom is -0.480 e. The molecule has 1 aliphatic heterocycles. The maximum absolute atomic E-state index is 12.4. The Morgan fingerprint density at radius 1 is 1.19 bits per heavy atom. The molecule has 2 amide bonds. The third kappa shape index (κ3) is 6.70. The first-order chi connectivity index (χ1) is 13.0. The number of hydrogen-bond acceptors (Lipinski definition) is 3. The normalized spacial score (nSPS) is 16.0. The van der Waals surface area contributed by atoms with Gasteiger partial charge in [-0.2, -0.15) is 0 Å². The van der Waals surface area contributed by atoms with Crippen molar-refractivity contribution in [2.24, 2.45) is 5.92 Å². The molecular weight excluding hydrogens is 344 g/mol. The van der Waals surface area contributed by atoms with Crippen LogP contribution in [0.4, 0.5) is 0 Å². The van der Waals surface area contributed by atoms with Crippen molar-refractivity contribution >= 4 is 17.8 Å². The fourth-order valence-electron chi connectivity index (χ4n) is 3.40. The zero-order valence-electron chi connectivity index (χ0n) is 16.0. The molecule has 1 aromatic rings. The fourth-order valence-corrected chi connectivity index (χ4v) is 3.40. The number of amides is 2. The first-order valence-corrected chi connectivity index (χ1v) is 9.86. The molecule has 0 saturated carbocycles. The summed E-state index contributed by atoms with van der Waals surface area (Å²) in [6.07, 6.45) is 4.48. The lowest BCUT2D eigenvalue weighted by Gasteiger charge is -2.32. The van der Waals surface area contributed by atoms with E-state index < -0.39 is 12.0 Å². The van der Waals surface area contributed by atoms with Crippen LogP contribution in [-0.4, -0.2) is 46.9 Å². The quantitative estimate of drug-likeness (QED) is 0.696. The highest BCUT2D eigenvalue weighted by Gasteiger charge is 2.29. The topological polar surface area (TPSA) is 86.7 Å². The van der Waals surface area contributed by atoms with Crippen molar-refractivity contribution in [3.05, 3.63) is 35.9 Å². The second kappa shape index (κ2) is 10.7. The van der Waals surface area contributed by atoms with E-state index in [1.807, 2.05) is 42.2 Å². The number of unbranched alkanes of at least 4 members (excludes halogenated alkanes) is 1. The van der Waals surface area contributed by atoms with Crippen LogP contribution in [0.15, 0.2) is 30.3 Å². The Kier molecular flexibility index (Phi) is 8.30. The summed E-state index contributed by atoms with van der Waals surface area (Å²) in [6.45, 7) is 3.10. The number of piperidine rings is 1. The molecule has 1 atom stereocenters. The predicted molar refractivity (Wildman–Crippen MR) is 103 cm³/mol. The van der Waals surface area contributed by atoms with Gasteiger partial charge in [-0.05, 0) is 31.2 Å². The molecule has 0 aliphatic carbocycles. The molecule has 2 rings (SSSR count). The standard InChI is InChI=1S/C21H30N2O4/c1-2-3-9-18(21(26)27)22-20(25)17-12-14-23(15-13-17)19(24)11-10-16-7-5-4-6-8-16/h4-8,17-18H,2-3,9-15H2,1H3,(H,22,25)(H,26,27)/t18-/m0/s1. The fraction of sp³-hybridized carbons (Fsp3) is 0.571. The van der Waals surface area contributed by atoms with E-state index in [9.17, 15) is 19.5 Å². The van der Waals surface area contributed by atoms with E-state index in [2.05, 4.69) is 5.32 Å². The van der Waals surface area contributed by atoms with Crippen molar-refractivity contribution in [1.82, 2.24) is 10.2 Å². The van der Waals surface area contributed by atoms with Crippen molar-refractivity contribution in [1.29, 1.82) is 0 Å². The van der Waals surface area contributed by atoms with Gasteiger partial charge in [0, 0.05) is 25.4 Å². The molecule has 6 nitrogen and oxygen atoms in total. The molecule has 2 N–H and O–H groups in total. The molecule has 6 heteroatoms. The summed E-state index contributed by atoms with van der Waals surface area (Å²) < 4.78 is 0. The highest BCUT2D eigenvalue weighted by molar-refractivity contribution is 5.85. The van der Waals surface area contributed by atoms with Crippen molar-refractivity contribution in [3.8, 4) is 0 Å². The number of carboxylic acids is 1. The number of hydrogen-bond donors (Lipinski definition) is 2. The van der Waals surface area contributed by atoms with Crippen LogP contribution >= 0.6 is 0 Å². The second-order valence-electron chi connectivity index (χ2n) is 7.18. The Morgan fingerprint density at radius 3 is 2.44 bits per heavy atom. The van der Waals surface area contributed by atoms with E-state index >= 15 is 0 Å². The summed E-state index contributed by atoms with van der Waals surface area (Å²) in [4.78, 5) is 37.9. The highest BCUT2D eigenvalue weighted by Crippen LogP contribution is 2.19. The Morgan fingerprint density at radius 2 is 1.85 bits per heavy atom. The van der Waals surface area contributed by atoms with Crippen LogP contribution in [0.1, 0.15) is 51.0 Å². The molecule has 0 unspecified atom stereocenters. The van der Waals surface area contributed by atoms with Crippen molar-refractivity contribution in [3.63, 3.8) is 0 Å². The molecule has 0 radical (unpaired) electrons. The van der Waals surface area contributed by atoms with Gasteiger partial charge in [0.15, 0.2) is 0 Å². The molecule has 1 aliphatic rings. The SMILES string of the molecule is CCCC[C@H](NC(=O)C1CCN(C(=O)CCc2ccccc2)CC1)C(=O)O. The summed E-state index contributed by atoms with van der Waals surface area (Å²) in [5.41, 5.74) is 1.15. The number of nitrogens with zero attached hydrogens (tertiary/aromatic N) is 1. The first kappa shape index (κ1) is 20.9. The molecule has 148 valence electrons. The minimum atomic E-state index is -0.981. The van der Waals surface area contributed by atoms with Crippen LogP contribution in [0.5, 0.6) is 0 Å². The number of carboxylic acid groups (broad SMARTS) is 1. The molecule has 1 saturated heterocycles. The van der Waals surface area contributed by atoms with Crippen LogP contribution in [0.3, 0.4) is 0 Å². The van der Waals surface area contributed by atoms with Crippen LogP contribution < -0.4 is 5.32 Å². The molecule has 0 bridgehead atoms. The number of rotatable bonds is 9. The van der Waals surface area contributed by atoms with E-state index in [1.165, 1.54) is 0 Å². The minimum absolute atomic E-state index is 0.115. The Labute approximate surface area is 160 Å². The van der Waals surface area contributed by atoms with Gasteiger partial charge in [-0.1, -0.05) is 50.1 Å². The molecule has 0 aromatic heterocycles. The number of aliphatic carboxylic acids is 1.